The highest BCUT2D eigenvalue weighted by molar-refractivity contribution is 5.74. The van der Waals surface area contributed by atoms with E-state index in [-0.39, 0.29) is 12.5 Å². The Kier molecular flexibility index (Phi) is 17.9. The molecule has 0 radical (unpaired) electrons. The SMILES string of the molecule is CCCCCC(OC(=O)C(C)OC(C)C)C(O)CCCCCCCCCCC(=O)O. The lowest BCUT2D eigenvalue weighted by Gasteiger charge is -2.25. The molecule has 30 heavy (non-hydrogen) atoms. The summed E-state index contributed by atoms with van der Waals surface area (Å²) in [5.41, 5.74) is 0. The molecule has 0 spiro atoms. The standard InChI is InChI=1S/C24H46O6/c1-5-6-13-17-22(30-24(28)20(4)29-19(2)3)21(25)16-14-11-9-7-8-10-12-15-18-23(26)27/h19-22,25H,5-18H2,1-4H3,(H,26,27). The summed E-state index contributed by atoms with van der Waals surface area (Å²) in [7, 11) is 0. The molecule has 0 aromatic heterocycles. The summed E-state index contributed by atoms with van der Waals surface area (Å²) in [4.78, 5) is 22.8. The number of carboxylic acid groups (broad SMARTS) is 1. The number of carbonyl (C=O) groups excluding carboxylic acids is 1. The molecule has 0 aliphatic carbocycles. The maximum absolute atomic E-state index is 12.3. The molecular formula is C24H46O6. The van der Waals surface area contributed by atoms with Crippen molar-refractivity contribution < 1.29 is 29.3 Å². The zero-order chi connectivity index (χ0) is 22.8. The first-order valence-corrected chi connectivity index (χ1v) is 12.0. The van der Waals surface area contributed by atoms with Crippen LogP contribution in [0.3, 0.4) is 0 Å². The quantitative estimate of drug-likeness (QED) is 0.192. The summed E-state index contributed by atoms with van der Waals surface area (Å²) in [5, 5.41) is 19.2. The van der Waals surface area contributed by atoms with Gasteiger partial charge in [0.05, 0.1) is 12.2 Å². The lowest BCUT2D eigenvalue weighted by molar-refractivity contribution is -0.170. The van der Waals surface area contributed by atoms with E-state index < -0.39 is 30.3 Å². The van der Waals surface area contributed by atoms with Crippen molar-refractivity contribution in [2.45, 2.75) is 142 Å². The number of esters is 1. The lowest BCUT2D eigenvalue weighted by Crippen LogP contribution is -2.36. The van der Waals surface area contributed by atoms with Crippen LogP contribution in [0.5, 0.6) is 0 Å². The summed E-state index contributed by atoms with van der Waals surface area (Å²) < 4.78 is 11.1. The molecule has 0 heterocycles. The van der Waals surface area contributed by atoms with Crippen LogP contribution in [0.15, 0.2) is 0 Å². The fourth-order valence-electron chi connectivity index (χ4n) is 3.51. The average molecular weight is 431 g/mol. The van der Waals surface area contributed by atoms with E-state index >= 15 is 0 Å². The maximum atomic E-state index is 12.3. The summed E-state index contributed by atoms with van der Waals surface area (Å²) >= 11 is 0. The summed E-state index contributed by atoms with van der Waals surface area (Å²) in [5.74, 6) is -1.11. The van der Waals surface area contributed by atoms with Crippen LogP contribution in [-0.4, -0.2) is 46.6 Å². The van der Waals surface area contributed by atoms with Gasteiger partial charge in [-0.1, -0.05) is 64.7 Å². The molecule has 0 amide bonds. The predicted molar refractivity (Wildman–Crippen MR) is 120 cm³/mol. The van der Waals surface area contributed by atoms with Gasteiger partial charge < -0.3 is 19.7 Å². The van der Waals surface area contributed by atoms with E-state index in [4.69, 9.17) is 14.6 Å². The Hall–Kier alpha value is -1.14. The molecule has 3 unspecified atom stereocenters. The van der Waals surface area contributed by atoms with Crippen LogP contribution in [-0.2, 0) is 19.1 Å². The van der Waals surface area contributed by atoms with Crippen molar-refractivity contribution in [3.63, 3.8) is 0 Å². The molecular weight excluding hydrogens is 384 g/mol. The van der Waals surface area contributed by atoms with Gasteiger partial charge in [0.2, 0.25) is 0 Å². The van der Waals surface area contributed by atoms with Crippen LogP contribution in [0, 0.1) is 0 Å². The van der Waals surface area contributed by atoms with Crippen LogP contribution in [0.4, 0.5) is 0 Å². The molecule has 0 aliphatic rings. The van der Waals surface area contributed by atoms with Crippen LogP contribution in [0.25, 0.3) is 0 Å². The first-order valence-electron chi connectivity index (χ1n) is 12.0. The van der Waals surface area contributed by atoms with Gasteiger partial charge in [-0.3, -0.25) is 4.79 Å². The highest BCUT2D eigenvalue weighted by Gasteiger charge is 2.26. The molecule has 0 aromatic carbocycles. The zero-order valence-electron chi connectivity index (χ0n) is 19.7. The summed E-state index contributed by atoms with van der Waals surface area (Å²) in [6.07, 6.45) is 11.1. The van der Waals surface area contributed by atoms with Gasteiger partial charge in [0.25, 0.3) is 0 Å². The van der Waals surface area contributed by atoms with Crippen molar-refractivity contribution in [1.29, 1.82) is 0 Å². The van der Waals surface area contributed by atoms with Crippen molar-refractivity contribution in [2.24, 2.45) is 0 Å². The average Bonchev–Trinajstić information content (AvgIpc) is 2.67. The van der Waals surface area contributed by atoms with E-state index in [0.717, 1.165) is 70.6 Å². The number of aliphatic hydroxyl groups is 1. The fourth-order valence-corrected chi connectivity index (χ4v) is 3.51. The number of hydrogen-bond donors (Lipinski definition) is 2. The Bertz CT molecular complexity index is 437. The largest absolute Gasteiger partial charge is 0.481 e. The summed E-state index contributed by atoms with van der Waals surface area (Å²) in [6, 6.07) is 0. The number of rotatable bonds is 20. The van der Waals surface area contributed by atoms with E-state index in [1.54, 1.807) is 6.92 Å². The molecule has 6 nitrogen and oxygen atoms in total. The van der Waals surface area contributed by atoms with Gasteiger partial charge in [0.1, 0.15) is 6.10 Å². The van der Waals surface area contributed by atoms with Crippen molar-refractivity contribution in [2.75, 3.05) is 0 Å². The summed E-state index contributed by atoms with van der Waals surface area (Å²) in [6.45, 7) is 7.59. The van der Waals surface area contributed by atoms with Crippen molar-refractivity contribution >= 4 is 11.9 Å². The third kappa shape index (κ3) is 16.6. The number of ether oxygens (including phenoxy) is 2. The van der Waals surface area contributed by atoms with Gasteiger partial charge in [0.15, 0.2) is 6.10 Å². The first-order chi connectivity index (χ1) is 14.3. The molecule has 0 bridgehead atoms. The van der Waals surface area contributed by atoms with Crippen LogP contribution < -0.4 is 0 Å². The van der Waals surface area contributed by atoms with Crippen molar-refractivity contribution in [1.82, 2.24) is 0 Å². The Labute approximate surface area is 183 Å². The second kappa shape index (κ2) is 18.6. The minimum Gasteiger partial charge on any atom is -0.481 e. The number of hydrogen-bond acceptors (Lipinski definition) is 5. The molecule has 0 rings (SSSR count). The van der Waals surface area contributed by atoms with Crippen LogP contribution in [0.2, 0.25) is 0 Å². The monoisotopic (exact) mass is 430 g/mol. The zero-order valence-corrected chi connectivity index (χ0v) is 19.7. The van der Waals surface area contributed by atoms with Crippen LogP contribution >= 0.6 is 0 Å². The fraction of sp³-hybridized carbons (Fsp3) is 0.917. The predicted octanol–water partition coefficient (Wildman–Crippen LogP) is 5.64. The Morgan fingerprint density at radius 3 is 1.87 bits per heavy atom. The molecule has 0 saturated carbocycles. The molecule has 6 heteroatoms. The van der Waals surface area contributed by atoms with Crippen molar-refractivity contribution in [3.05, 3.63) is 0 Å². The number of carboxylic acids is 1. The van der Waals surface area contributed by atoms with Gasteiger partial charge in [0, 0.05) is 6.42 Å². The minimum absolute atomic E-state index is 0.0480. The minimum atomic E-state index is -0.714. The number of aliphatic hydroxyl groups excluding tert-OH is 1. The van der Waals surface area contributed by atoms with E-state index in [9.17, 15) is 14.7 Å². The second-order valence-corrected chi connectivity index (χ2v) is 8.63. The normalized spacial score (nSPS) is 14.5. The Morgan fingerprint density at radius 2 is 1.33 bits per heavy atom. The Morgan fingerprint density at radius 1 is 0.800 bits per heavy atom. The van der Waals surface area contributed by atoms with Gasteiger partial charge in [-0.15, -0.1) is 0 Å². The third-order valence-corrected chi connectivity index (χ3v) is 5.24. The van der Waals surface area contributed by atoms with Gasteiger partial charge in [-0.25, -0.2) is 4.79 Å². The highest BCUT2D eigenvalue weighted by atomic mass is 16.6. The first kappa shape index (κ1) is 28.9. The number of carbonyl (C=O) groups is 2. The molecule has 3 atom stereocenters. The van der Waals surface area contributed by atoms with Gasteiger partial charge in [-0.2, -0.15) is 0 Å². The highest BCUT2D eigenvalue weighted by Crippen LogP contribution is 2.18. The topological polar surface area (TPSA) is 93.1 Å². The number of unbranched alkanes of at least 4 members (excludes halogenated alkanes) is 9. The van der Waals surface area contributed by atoms with E-state index in [1.165, 1.54) is 0 Å². The van der Waals surface area contributed by atoms with Gasteiger partial charge >= 0.3 is 11.9 Å². The maximum Gasteiger partial charge on any atom is 0.335 e. The lowest BCUT2D eigenvalue weighted by atomic mass is 9.99. The number of aliphatic carboxylic acids is 1. The molecule has 2 N–H and O–H groups in total. The molecule has 0 fully saturated rings. The Balaban J connectivity index is 4.12. The van der Waals surface area contributed by atoms with E-state index in [0.29, 0.717) is 12.8 Å². The van der Waals surface area contributed by atoms with E-state index in [1.807, 2.05) is 13.8 Å². The van der Waals surface area contributed by atoms with Crippen molar-refractivity contribution in [3.8, 4) is 0 Å². The molecule has 0 aliphatic heterocycles. The third-order valence-electron chi connectivity index (χ3n) is 5.24. The smallest absolute Gasteiger partial charge is 0.335 e. The molecule has 0 saturated heterocycles. The molecule has 0 aromatic rings. The van der Waals surface area contributed by atoms with Gasteiger partial charge in [-0.05, 0) is 46.5 Å². The van der Waals surface area contributed by atoms with Crippen LogP contribution in [0.1, 0.15) is 118 Å². The molecule has 178 valence electrons. The second-order valence-electron chi connectivity index (χ2n) is 8.63. The van der Waals surface area contributed by atoms with E-state index in [2.05, 4.69) is 6.92 Å².